The number of rotatable bonds is 4. The molecule has 1 aromatic heterocycles. The van der Waals surface area contributed by atoms with Crippen molar-refractivity contribution in [2.45, 2.75) is 50.4 Å². The largest absolute Gasteiger partial charge is 0.424 e. The number of urea groups is 1. The zero-order chi connectivity index (χ0) is 18.0. The van der Waals surface area contributed by atoms with Crippen LogP contribution < -0.4 is 5.32 Å². The summed E-state index contributed by atoms with van der Waals surface area (Å²) in [4.78, 5) is 17.4. The molecule has 24 heavy (non-hydrogen) atoms. The molecule has 1 aliphatic rings. The monoisotopic (exact) mass is 348 g/mol. The van der Waals surface area contributed by atoms with Crippen LogP contribution in [-0.2, 0) is 12.6 Å². The van der Waals surface area contributed by atoms with Crippen LogP contribution in [0.3, 0.4) is 0 Å². The maximum Gasteiger partial charge on any atom is 0.424 e. The lowest BCUT2D eigenvalue weighted by Crippen LogP contribution is -2.50. The second-order valence-electron chi connectivity index (χ2n) is 6.24. The number of hydrogen-bond donors (Lipinski definition) is 2. The van der Waals surface area contributed by atoms with Crippen LogP contribution in [0.25, 0.3) is 0 Å². The smallest absolute Gasteiger partial charge is 0.374 e. The fourth-order valence-electron chi connectivity index (χ4n) is 3.00. The van der Waals surface area contributed by atoms with E-state index in [4.69, 9.17) is 0 Å². The number of carbonyl (C=O) groups is 1. The van der Waals surface area contributed by atoms with Gasteiger partial charge in [-0.3, -0.25) is 0 Å². The number of hydrogen-bond acceptors (Lipinski definition) is 3. The Kier molecular flexibility index (Phi) is 5.42. The van der Waals surface area contributed by atoms with Gasteiger partial charge in [0.1, 0.15) is 5.82 Å². The van der Waals surface area contributed by atoms with E-state index in [9.17, 15) is 23.1 Å². The minimum atomic E-state index is -4.89. The molecule has 1 fully saturated rings. The van der Waals surface area contributed by atoms with Gasteiger partial charge in [0, 0.05) is 45.0 Å². The molecular weight excluding hydrogens is 325 g/mol. The standard InChI is InChI=1S/C15H23F3N4O2/c1-11-5-3-4-9-22(11)13(23)20-7-6-14(24,15(16,17)18)12-19-8-10-21(12)2/h8,10-11,24H,3-7,9H2,1-2H3,(H,20,23)/t11-,14+/m1/s1. The Hall–Kier alpha value is -1.77. The van der Waals surface area contributed by atoms with Crippen molar-refractivity contribution < 1.29 is 23.1 Å². The molecule has 2 amide bonds. The highest BCUT2D eigenvalue weighted by atomic mass is 19.4. The van der Waals surface area contributed by atoms with Crippen molar-refractivity contribution in [2.24, 2.45) is 7.05 Å². The lowest BCUT2D eigenvalue weighted by atomic mass is 9.97. The maximum atomic E-state index is 13.4. The summed E-state index contributed by atoms with van der Waals surface area (Å²) in [5, 5.41) is 12.7. The number of amides is 2. The molecule has 0 unspecified atom stereocenters. The van der Waals surface area contributed by atoms with Crippen molar-refractivity contribution in [3.05, 3.63) is 18.2 Å². The Bertz CT molecular complexity index is 575. The molecule has 0 saturated carbocycles. The van der Waals surface area contributed by atoms with Gasteiger partial charge in [0.05, 0.1) is 0 Å². The summed E-state index contributed by atoms with van der Waals surface area (Å²) in [5.74, 6) is -0.490. The molecule has 6 nitrogen and oxygen atoms in total. The molecule has 1 aromatic rings. The summed E-state index contributed by atoms with van der Waals surface area (Å²) in [7, 11) is 1.38. The summed E-state index contributed by atoms with van der Waals surface area (Å²) in [5.41, 5.74) is -3.11. The summed E-state index contributed by atoms with van der Waals surface area (Å²) < 4.78 is 41.2. The highest BCUT2D eigenvalue weighted by molar-refractivity contribution is 5.74. The molecule has 0 aromatic carbocycles. The molecular formula is C15H23F3N4O2. The number of imidazole rings is 1. The van der Waals surface area contributed by atoms with Crippen molar-refractivity contribution in [3.8, 4) is 0 Å². The van der Waals surface area contributed by atoms with E-state index in [1.54, 1.807) is 4.90 Å². The van der Waals surface area contributed by atoms with Gasteiger partial charge >= 0.3 is 12.2 Å². The number of carbonyl (C=O) groups excluding carboxylic acids is 1. The highest BCUT2D eigenvalue weighted by Crippen LogP contribution is 2.40. The first-order valence-corrected chi connectivity index (χ1v) is 7.98. The van der Waals surface area contributed by atoms with E-state index in [0.29, 0.717) is 6.54 Å². The van der Waals surface area contributed by atoms with Gasteiger partial charge in [-0.05, 0) is 26.2 Å². The summed E-state index contributed by atoms with van der Waals surface area (Å²) >= 11 is 0. The van der Waals surface area contributed by atoms with Gasteiger partial charge in [-0.1, -0.05) is 0 Å². The predicted molar refractivity (Wildman–Crippen MR) is 81.2 cm³/mol. The summed E-state index contributed by atoms with van der Waals surface area (Å²) in [6, 6.07) is -0.332. The van der Waals surface area contributed by atoms with Crippen LogP contribution >= 0.6 is 0 Å². The second-order valence-corrected chi connectivity index (χ2v) is 6.24. The third kappa shape index (κ3) is 3.66. The first-order chi connectivity index (χ1) is 11.2. The Morgan fingerprint density at radius 2 is 2.17 bits per heavy atom. The van der Waals surface area contributed by atoms with E-state index in [1.807, 2.05) is 6.92 Å². The average Bonchev–Trinajstić information content (AvgIpc) is 2.92. The molecule has 2 N–H and O–H groups in total. The average molecular weight is 348 g/mol. The topological polar surface area (TPSA) is 70.4 Å². The Balaban J connectivity index is 2.02. The van der Waals surface area contributed by atoms with Crippen LogP contribution in [-0.4, -0.2) is 50.9 Å². The number of halogens is 3. The Morgan fingerprint density at radius 3 is 2.71 bits per heavy atom. The van der Waals surface area contributed by atoms with Crippen molar-refractivity contribution in [1.82, 2.24) is 19.8 Å². The lowest BCUT2D eigenvalue weighted by Gasteiger charge is -2.34. The van der Waals surface area contributed by atoms with E-state index in [-0.39, 0.29) is 12.6 Å². The lowest BCUT2D eigenvalue weighted by molar-refractivity contribution is -0.272. The molecule has 0 spiro atoms. The number of nitrogens with one attached hydrogen (secondary N) is 1. The molecule has 9 heteroatoms. The Labute approximate surface area is 138 Å². The molecule has 2 heterocycles. The quantitative estimate of drug-likeness (QED) is 0.876. The summed E-state index contributed by atoms with van der Waals surface area (Å²) in [6.45, 7) is 2.21. The first kappa shape index (κ1) is 18.6. The van der Waals surface area contributed by atoms with E-state index >= 15 is 0 Å². The highest BCUT2D eigenvalue weighted by Gasteiger charge is 2.57. The van der Waals surface area contributed by atoms with E-state index in [1.165, 1.54) is 19.4 Å². The normalized spacial score (nSPS) is 21.4. The molecule has 2 atom stereocenters. The van der Waals surface area contributed by atoms with Crippen LogP contribution in [0.15, 0.2) is 12.4 Å². The number of likely N-dealkylation sites (tertiary alicyclic amines) is 1. The van der Waals surface area contributed by atoms with Crippen LogP contribution in [0, 0.1) is 0 Å². The number of aryl methyl sites for hydroxylation is 1. The van der Waals surface area contributed by atoms with Gasteiger partial charge in [0.15, 0.2) is 0 Å². The van der Waals surface area contributed by atoms with Crippen molar-refractivity contribution >= 4 is 6.03 Å². The number of aliphatic hydroxyl groups is 1. The van der Waals surface area contributed by atoms with E-state index < -0.39 is 30.1 Å². The van der Waals surface area contributed by atoms with Crippen LogP contribution in [0.1, 0.15) is 38.4 Å². The minimum absolute atomic E-state index is 0.0646. The zero-order valence-corrected chi connectivity index (χ0v) is 13.8. The molecule has 2 rings (SSSR count). The van der Waals surface area contributed by atoms with Crippen molar-refractivity contribution in [1.29, 1.82) is 0 Å². The predicted octanol–water partition coefficient (Wildman–Crippen LogP) is 2.14. The van der Waals surface area contributed by atoms with Crippen molar-refractivity contribution in [2.75, 3.05) is 13.1 Å². The van der Waals surface area contributed by atoms with E-state index in [0.717, 1.165) is 23.8 Å². The third-order valence-electron chi connectivity index (χ3n) is 4.49. The molecule has 0 aliphatic carbocycles. The number of aromatic nitrogens is 2. The van der Waals surface area contributed by atoms with Gasteiger partial charge in [-0.25, -0.2) is 9.78 Å². The molecule has 136 valence electrons. The number of nitrogens with zero attached hydrogens (tertiary/aromatic N) is 3. The summed E-state index contributed by atoms with van der Waals surface area (Å²) in [6.07, 6.45) is -0.257. The molecule has 1 saturated heterocycles. The Morgan fingerprint density at radius 1 is 1.46 bits per heavy atom. The van der Waals surface area contributed by atoms with Gasteiger partial charge in [-0.2, -0.15) is 13.2 Å². The van der Waals surface area contributed by atoms with Gasteiger partial charge < -0.3 is 19.9 Å². The van der Waals surface area contributed by atoms with Gasteiger partial charge in [-0.15, -0.1) is 0 Å². The van der Waals surface area contributed by atoms with Crippen LogP contribution in [0.4, 0.5) is 18.0 Å². The zero-order valence-electron chi connectivity index (χ0n) is 13.8. The molecule has 0 radical (unpaired) electrons. The number of alkyl halides is 3. The second kappa shape index (κ2) is 7.00. The minimum Gasteiger partial charge on any atom is -0.374 e. The fourth-order valence-corrected chi connectivity index (χ4v) is 3.00. The first-order valence-electron chi connectivity index (χ1n) is 7.98. The van der Waals surface area contributed by atoms with Crippen LogP contribution in [0.2, 0.25) is 0 Å². The SMILES string of the molecule is C[C@@H]1CCCCN1C(=O)NCC[C@](O)(c1nccn1C)C(F)(F)F. The maximum absolute atomic E-state index is 13.4. The van der Waals surface area contributed by atoms with Gasteiger partial charge in [0.25, 0.3) is 0 Å². The third-order valence-corrected chi connectivity index (χ3v) is 4.49. The van der Waals surface area contributed by atoms with Crippen molar-refractivity contribution in [3.63, 3.8) is 0 Å². The fraction of sp³-hybridized carbons (Fsp3) is 0.733. The number of piperidine rings is 1. The molecule has 1 aliphatic heterocycles. The molecule has 0 bridgehead atoms. The van der Waals surface area contributed by atoms with Crippen LogP contribution in [0.5, 0.6) is 0 Å². The van der Waals surface area contributed by atoms with E-state index in [2.05, 4.69) is 10.3 Å². The van der Waals surface area contributed by atoms with Gasteiger partial charge in [0.2, 0.25) is 5.60 Å².